The second-order valence-electron chi connectivity index (χ2n) is 7.99. The third-order valence-electron chi connectivity index (χ3n) is 5.79. The van der Waals surface area contributed by atoms with Crippen LogP contribution in [0.4, 0.5) is 0 Å². The topological polar surface area (TPSA) is 59.0 Å². The van der Waals surface area contributed by atoms with Crippen LogP contribution in [0.5, 0.6) is 11.5 Å². The molecule has 5 nitrogen and oxygen atoms in total. The Balaban J connectivity index is 1.56. The van der Waals surface area contributed by atoms with Crippen molar-refractivity contribution in [3.63, 3.8) is 0 Å². The molecule has 3 atom stereocenters. The Morgan fingerprint density at radius 3 is 2.28 bits per heavy atom. The average Bonchev–Trinajstić information content (AvgIpc) is 2.93. The summed E-state index contributed by atoms with van der Waals surface area (Å²) in [4.78, 5) is 14.5. The fraction of sp³-hybridized carbons (Fsp3) is 0.161. The van der Waals surface area contributed by atoms with Gasteiger partial charge >= 0.3 is 0 Å². The van der Waals surface area contributed by atoms with Gasteiger partial charge in [-0.25, -0.2) is 0 Å². The van der Waals surface area contributed by atoms with Crippen molar-refractivity contribution in [1.29, 1.82) is 0 Å². The molecule has 1 amide bonds. The van der Waals surface area contributed by atoms with Crippen molar-refractivity contribution in [3.05, 3.63) is 108 Å². The van der Waals surface area contributed by atoms with Gasteiger partial charge in [-0.1, -0.05) is 67.0 Å². The van der Waals surface area contributed by atoms with E-state index in [0.717, 1.165) is 11.1 Å². The fourth-order valence-electron chi connectivity index (χ4n) is 3.94. The first-order valence-electron chi connectivity index (χ1n) is 11.4. The average molecular weight is 476 g/mol. The number of aliphatic hydroxyl groups excluding tert-OH is 1. The smallest absolute Gasteiger partial charge is 0.267 e. The lowest BCUT2D eigenvalue weighted by Gasteiger charge is -2.47. The maximum absolute atomic E-state index is 13.0. The molecule has 0 saturated carbocycles. The number of hydrogen-bond donors (Lipinski definition) is 1. The number of methoxy groups -OCH3 is 1. The van der Waals surface area contributed by atoms with Gasteiger partial charge in [0.25, 0.3) is 5.91 Å². The molecule has 0 bridgehead atoms. The maximum atomic E-state index is 13.0. The Bertz CT molecular complexity index is 1370. The molecule has 1 saturated heterocycles. The van der Waals surface area contributed by atoms with E-state index in [1.54, 1.807) is 31.4 Å². The summed E-state index contributed by atoms with van der Waals surface area (Å²) in [6, 6.07) is 25.1. The normalized spacial score (nSPS) is 16.7. The summed E-state index contributed by atoms with van der Waals surface area (Å²) in [5.74, 6) is 12.5. The van der Waals surface area contributed by atoms with Gasteiger partial charge in [0.2, 0.25) is 0 Å². The molecule has 0 radical (unpaired) electrons. The van der Waals surface area contributed by atoms with Crippen molar-refractivity contribution in [2.75, 3.05) is 13.7 Å². The van der Waals surface area contributed by atoms with Crippen LogP contribution >= 0.6 is 0 Å². The molecule has 4 rings (SSSR count). The molecule has 0 unspecified atom stereocenters. The van der Waals surface area contributed by atoms with Crippen LogP contribution in [0.15, 0.2) is 97.2 Å². The predicted octanol–water partition coefficient (Wildman–Crippen LogP) is 3.94. The summed E-state index contributed by atoms with van der Waals surface area (Å²) in [5.41, 5.74) is 4.88. The zero-order valence-corrected chi connectivity index (χ0v) is 19.8. The number of likely N-dealkylation sites (tertiary alicyclic amines) is 1. The van der Waals surface area contributed by atoms with Gasteiger partial charge in [0, 0.05) is 11.1 Å². The minimum Gasteiger partial charge on any atom is -0.497 e. The number of nitrogens with zero attached hydrogens (tertiary/aromatic N) is 1. The quantitative estimate of drug-likeness (QED) is 0.320. The fourth-order valence-corrected chi connectivity index (χ4v) is 3.94. The molecule has 1 aliphatic heterocycles. The number of para-hydroxylation sites is 1. The Morgan fingerprint density at radius 1 is 0.972 bits per heavy atom. The summed E-state index contributed by atoms with van der Waals surface area (Å²) in [5, 5.41) is 11.4. The number of β-lactam (4-membered cyclic amide) rings is 1. The molecule has 178 valence electrons. The first-order chi connectivity index (χ1) is 17.6. The van der Waals surface area contributed by atoms with E-state index >= 15 is 0 Å². The minimum atomic E-state index is -1.10. The molecule has 1 N–H and O–H groups in total. The standard InChI is InChI=1S/C31H25NO4/c1-3-27(24-18-20-25(35-2)21-19-24)29(33)28-30(36-26-16-10-5-11-17-26)31(34)32(28)22-12-6-9-15-23-13-7-4-8-14-23/h4-5,7-8,10-11,13-14,16-21,28-30,33H,1,22H2,2H3/t28-,29+,30+/m0/s1. The van der Waals surface area contributed by atoms with E-state index in [4.69, 9.17) is 9.47 Å². The predicted molar refractivity (Wildman–Crippen MR) is 139 cm³/mol. The first kappa shape index (κ1) is 24.5. The number of aliphatic hydroxyl groups is 1. The van der Waals surface area contributed by atoms with Crippen LogP contribution in [0.1, 0.15) is 11.1 Å². The van der Waals surface area contributed by atoms with E-state index in [1.165, 1.54) is 4.90 Å². The van der Waals surface area contributed by atoms with E-state index in [-0.39, 0.29) is 12.5 Å². The van der Waals surface area contributed by atoms with Gasteiger partial charge in [0.1, 0.15) is 23.6 Å². The highest BCUT2D eigenvalue weighted by atomic mass is 16.5. The lowest BCUT2D eigenvalue weighted by atomic mass is 9.86. The summed E-state index contributed by atoms with van der Waals surface area (Å²) in [6.07, 6.45) is -1.97. The molecule has 1 aliphatic rings. The third kappa shape index (κ3) is 5.52. The third-order valence-corrected chi connectivity index (χ3v) is 5.79. The number of carbonyl (C=O) groups excluding carboxylic acids is 1. The SMILES string of the molecule is C=C=C(c1ccc(OC)cc1)[C@@H](O)[C@H]1[C@@H](Oc2ccccc2)C(=O)N1CC#CC#Cc1ccccc1. The highest BCUT2D eigenvalue weighted by Crippen LogP contribution is 2.33. The van der Waals surface area contributed by atoms with Gasteiger partial charge in [0.15, 0.2) is 6.10 Å². The largest absolute Gasteiger partial charge is 0.497 e. The van der Waals surface area contributed by atoms with Gasteiger partial charge in [-0.3, -0.25) is 4.79 Å². The zero-order valence-electron chi connectivity index (χ0n) is 19.8. The van der Waals surface area contributed by atoms with Crippen LogP contribution in [0.25, 0.3) is 5.57 Å². The molecule has 0 aromatic heterocycles. The van der Waals surface area contributed by atoms with Crippen LogP contribution in [0.3, 0.4) is 0 Å². The van der Waals surface area contributed by atoms with Gasteiger partial charge in [-0.2, -0.15) is 0 Å². The molecule has 1 fully saturated rings. The molecule has 3 aromatic carbocycles. The van der Waals surface area contributed by atoms with E-state index in [0.29, 0.717) is 17.1 Å². The second kappa shape index (κ2) is 11.6. The Morgan fingerprint density at radius 2 is 1.64 bits per heavy atom. The van der Waals surface area contributed by atoms with E-state index in [1.807, 2.05) is 60.7 Å². The monoisotopic (exact) mass is 475 g/mol. The number of ether oxygens (including phenoxy) is 2. The van der Waals surface area contributed by atoms with Crippen molar-refractivity contribution in [2.45, 2.75) is 18.2 Å². The van der Waals surface area contributed by atoms with Crippen molar-refractivity contribution < 1.29 is 19.4 Å². The van der Waals surface area contributed by atoms with Crippen LogP contribution in [0.2, 0.25) is 0 Å². The van der Waals surface area contributed by atoms with Crippen LogP contribution in [0, 0.1) is 23.7 Å². The van der Waals surface area contributed by atoms with Gasteiger partial charge in [-0.15, -0.1) is 5.73 Å². The molecule has 36 heavy (non-hydrogen) atoms. The van der Waals surface area contributed by atoms with Crippen LogP contribution < -0.4 is 9.47 Å². The highest BCUT2D eigenvalue weighted by molar-refractivity contribution is 5.90. The number of benzene rings is 3. The Kier molecular flexibility index (Phi) is 7.91. The van der Waals surface area contributed by atoms with Crippen LogP contribution in [-0.2, 0) is 4.79 Å². The number of rotatable bonds is 7. The van der Waals surface area contributed by atoms with Crippen LogP contribution in [-0.4, -0.2) is 47.8 Å². The van der Waals surface area contributed by atoms with Crippen molar-refractivity contribution in [1.82, 2.24) is 4.90 Å². The van der Waals surface area contributed by atoms with Gasteiger partial charge in [0.05, 0.1) is 13.7 Å². The van der Waals surface area contributed by atoms with E-state index in [2.05, 4.69) is 36.0 Å². The van der Waals surface area contributed by atoms with Gasteiger partial charge in [-0.05, 0) is 53.8 Å². The number of amides is 1. The molecule has 5 heteroatoms. The van der Waals surface area contributed by atoms with Gasteiger partial charge < -0.3 is 19.5 Å². The van der Waals surface area contributed by atoms with Crippen molar-refractivity contribution in [2.24, 2.45) is 0 Å². The van der Waals surface area contributed by atoms with Crippen molar-refractivity contribution in [3.8, 4) is 35.2 Å². The second-order valence-corrected chi connectivity index (χ2v) is 7.99. The Hall–Kier alpha value is -4.67. The number of hydrogen-bond acceptors (Lipinski definition) is 4. The lowest BCUT2D eigenvalue weighted by molar-refractivity contribution is -0.167. The molecular formula is C31H25NO4. The first-order valence-corrected chi connectivity index (χ1v) is 11.4. The summed E-state index contributed by atoms with van der Waals surface area (Å²) < 4.78 is 11.2. The van der Waals surface area contributed by atoms with E-state index < -0.39 is 18.2 Å². The summed E-state index contributed by atoms with van der Waals surface area (Å²) in [7, 11) is 1.59. The number of carbonyl (C=O) groups is 1. The molecule has 1 heterocycles. The molecule has 0 spiro atoms. The van der Waals surface area contributed by atoms with Crippen molar-refractivity contribution >= 4 is 11.5 Å². The minimum absolute atomic E-state index is 0.103. The highest BCUT2D eigenvalue weighted by Gasteiger charge is 2.53. The molecular weight excluding hydrogens is 450 g/mol. The summed E-state index contributed by atoms with van der Waals surface area (Å²) in [6.45, 7) is 3.87. The lowest BCUT2D eigenvalue weighted by Crippen LogP contribution is -2.71. The molecule has 3 aromatic rings. The summed E-state index contributed by atoms with van der Waals surface area (Å²) >= 11 is 0. The van der Waals surface area contributed by atoms with E-state index in [9.17, 15) is 9.90 Å². The zero-order chi connectivity index (χ0) is 25.3. The molecule has 0 aliphatic carbocycles. The maximum Gasteiger partial charge on any atom is 0.267 e. The Labute approximate surface area is 211 Å².